The Labute approximate surface area is 199 Å². The molecule has 0 atom stereocenters. The Bertz CT molecular complexity index is 1070. The summed E-state index contributed by atoms with van der Waals surface area (Å²) in [4.78, 5) is 13.5. The summed E-state index contributed by atoms with van der Waals surface area (Å²) in [6.45, 7) is 4.72. The number of methoxy groups -OCH3 is 1. The number of nitrogens with one attached hydrogen (secondary N) is 2. The van der Waals surface area contributed by atoms with Crippen LogP contribution in [-0.2, 0) is 6.42 Å². The molecule has 174 valence electrons. The fraction of sp³-hybridized carbons (Fsp3) is 0.333. The molecular formula is C24H29ClN6O2. The minimum absolute atomic E-state index is 0.258. The third-order valence-electron chi connectivity index (χ3n) is 5.69. The Kier molecular flexibility index (Phi) is 7.36. The van der Waals surface area contributed by atoms with Crippen LogP contribution in [0.2, 0.25) is 5.02 Å². The molecule has 4 rings (SSSR count). The number of anilines is 4. The summed E-state index contributed by atoms with van der Waals surface area (Å²) in [5, 5.41) is 16.4. The van der Waals surface area contributed by atoms with Crippen LogP contribution in [0, 0.1) is 0 Å². The number of aromatic hydroxyl groups is 1. The molecule has 1 aromatic heterocycles. The molecule has 0 spiro atoms. The monoisotopic (exact) mass is 468 g/mol. The quantitative estimate of drug-likeness (QED) is 0.457. The molecule has 0 saturated carbocycles. The number of hydrogen-bond acceptors (Lipinski definition) is 8. The number of halogens is 1. The number of benzene rings is 2. The maximum Gasteiger partial charge on any atom is 0.229 e. The maximum absolute atomic E-state index is 9.41. The van der Waals surface area contributed by atoms with Gasteiger partial charge in [0, 0.05) is 44.5 Å². The number of phenols is 1. The molecule has 2 aromatic carbocycles. The molecule has 1 aliphatic rings. The minimum atomic E-state index is 0.258. The van der Waals surface area contributed by atoms with Crippen molar-refractivity contribution in [2.75, 3.05) is 62.4 Å². The van der Waals surface area contributed by atoms with Crippen LogP contribution in [0.15, 0.2) is 48.7 Å². The average molecular weight is 469 g/mol. The van der Waals surface area contributed by atoms with E-state index in [9.17, 15) is 5.11 Å². The van der Waals surface area contributed by atoms with Crippen molar-refractivity contribution in [3.63, 3.8) is 0 Å². The van der Waals surface area contributed by atoms with Gasteiger partial charge in [0.2, 0.25) is 5.95 Å². The molecule has 1 aliphatic heterocycles. The largest absolute Gasteiger partial charge is 0.508 e. The van der Waals surface area contributed by atoms with Crippen molar-refractivity contribution in [3.05, 3.63) is 59.2 Å². The Morgan fingerprint density at radius 3 is 2.58 bits per heavy atom. The summed E-state index contributed by atoms with van der Waals surface area (Å²) >= 11 is 6.30. The van der Waals surface area contributed by atoms with E-state index in [1.807, 2.05) is 24.3 Å². The highest BCUT2D eigenvalue weighted by atomic mass is 35.5. The first-order chi connectivity index (χ1) is 16.0. The van der Waals surface area contributed by atoms with Crippen LogP contribution in [0.25, 0.3) is 0 Å². The Morgan fingerprint density at radius 1 is 1.09 bits per heavy atom. The van der Waals surface area contributed by atoms with Gasteiger partial charge in [0.25, 0.3) is 0 Å². The van der Waals surface area contributed by atoms with Crippen LogP contribution in [0.5, 0.6) is 11.5 Å². The lowest BCUT2D eigenvalue weighted by Crippen LogP contribution is -2.44. The minimum Gasteiger partial charge on any atom is -0.508 e. The number of ether oxygens (including phenoxy) is 1. The van der Waals surface area contributed by atoms with Gasteiger partial charge in [0.15, 0.2) is 5.82 Å². The SMILES string of the molecule is COc1cc(N2CCN(C)CC2)ccc1Nc1ncc(Cl)c(NCCc2ccc(O)cc2)n1. The van der Waals surface area contributed by atoms with Crippen LogP contribution in [0.4, 0.5) is 23.1 Å². The highest BCUT2D eigenvalue weighted by Gasteiger charge is 2.16. The number of likely N-dealkylation sites (N-methyl/N-ethyl adjacent to an activating group) is 1. The van der Waals surface area contributed by atoms with Crippen molar-refractivity contribution in [1.29, 1.82) is 0 Å². The van der Waals surface area contributed by atoms with Crippen LogP contribution in [-0.4, -0.2) is 66.9 Å². The molecule has 0 radical (unpaired) electrons. The molecule has 3 N–H and O–H groups in total. The normalized spacial score (nSPS) is 14.2. The molecule has 1 saturated heterocycles. The van der Waals surface area contributed by atoms with Gasteiger partial charge in [0.1, 0.15) is 16.5 Å². The first kappa shape index (κ1) is 22.9. The Morgan fingerprint density at radius 2 is 1.85 bits per heavy atom. The van der Waals surface area contributed by atoms with Gasteiger partial charge in [-0.3, -0.25) is 0 Å². The second-order valence-electron chi connectivity index (χ2n) is 8.03. The van der Waals surface area contributed by atoms with Crippen molar-refractivity contribution in [2.24, 2.45) is 0 Å². The second-order valence-corrected chi connectivity index (χ2v) is 8.44. The fourth-order valence-electron chi connectivity index (χ4n) is 3.70. The number of piperazine rings is 1. The highest BCUT2D eigenvalue weighted by molar-refractivity contribution is 6.32. The van der Waals surface area contributed by atoms with Gasteiger partial charge < -0.3 is 30.3 Å². The number of hydrogen-bond donors (Lipinski definition) is 3. The maximum atomic E-state index is 9.41. The van der Waals surface area contributed by atoms with Crippen LogP contribution < -0.4 is 20.3 Å². The van der Waals surface area contributed by atoms with Crippen LogP contribution >= 0.6 is 11.6 Å². The smallest absolute Gasteiger partial charge is 0.229 e. The number of aromatic nitrogens is 2. The van der Waals surface area contributed by atoms with E-state index < -0.39 is 0 Å². The van der Waals surface area contributed by atoms with E-state index in [2.05, 4.69) is 43.5 Å². The van der Waals surface area contributed by atoms with Crippen molar-refractivity contribution < 1.29 is 9.84 Å². The summed E-state index contributed by atoms with van der Waals surface area (Å²) in [5.41, 5.74) is 3.03. The van der Waals surface area contributed by atoms with E-state index in [0.29, 0.717) is 23.3 Å². The van der Waals surface area contributed by atoms with Crippen LogP contribution in [0.3, 0.4) is 0 Å². The van der Waals surface area contributed by atoms with Crippen molar-refractivity contribution in [2.45, 2.75) is 6.42 Å². The first-order valence-electron chi connectivity index (χ1n) is 10.9. The molecule has 0 bridgehead atoms. The van der Waals surface area contributed by atoms with E-state index in [-0.39, 0.29) is 5.75 Å². The van der Waals surface area contributed by atoms with Gasteiger partial charge in [-0.15, -0.1) is 0 Å². The molecule has 33 heavy (non-hydrogen) atoms. The van der Waals surface area contributed by atoms with Crippen LogP contribution in [0.1, 0.15) is 5.56 Å². The summed E-state index contributed by atoms with van der Waals surface area (Å²) < 4.78 is 5.63. The molecule has 8 nitrogen and oxygen atoms in total. The fourth-order valence-corrected chi connectivity index (χ4v) is 3.86. The molecular weight excluding hydrogens is 440 g/mol. The number of rotatable bonds is 8. The van der Waals surface area contributed by atoms with Gasteiger partial charge >= 0.3 is 0 Å². The molecule has 2 heterocycles. The van der Waals surface area contributed by atoms with Gasteiger partial charge in [-0.2, -0.15) is 4.98 Å². The van der Waals surface area contributed by atoms with Crippen molar-refractivity contribution >= 4 is 34.7 Å². The van der Waals surface area contributed by atoms with Gasteiger partial charge in [0.05, 0.1) is 19.0 Å². The number of nitrogens with zero attached hydrogens (tertiary/aromatic N) is 4. The lowest BCUT2D eigenvalue weighted by atomic mass is 10.1. The van der Waals surface area contributed by atoms with E-state index in [1.54, 1.807) is 25.4 Å². The lowest BCUT2D eigenvalue weighted by Gasteiger charge is -2.34. The second kappa shape index (κ2) is 10.6. The average Bonchev–Trinajstić information content (AvgIpc) is 2.83. The van der Waals surface area contributed by atoms with E-state index in [0.717, 1.165) is 55.3 Å². The van der Waals surface area contributed by atoms with E-state index in [4.69, 9.17) is 16.3 Å². The van der Waals surface area contributed by atoms with E-state index >= 15 is 0 Å². The summed E-state index contributed by atoms with van der Waals surface area (Å²) in [5.74, 6) is 1.97. The molecule has 9 heteroatoms. The zero-order valence-electron chi connectivity index (χ0n) is 18.9. The summed E-state index contributed by atoms with van der Waals surface area (Å²) in [6.07, 6.45) is 2.34. The third kappa shape index (κ3) is 5.97. The standard InChI is InChI=1S/C24H29ClN6O2/c1-30-11-13-31(14-12-30)18-5-8-21(22(15-18)33-2)28-24-27-16-20(25)23(29-24)26-10-9-17-3-6-19(32)7-4-17/h3-8,15-16,32H,9-14H2,1-2H3,(H2,26,27,28,29). The van der Waals surface area contributed by atoms with Gasteiger partial charge in [-0.25, -0.2) is 4.98 Å². The molecule has 3 aromatic rings. The van der Waals surface area contributed by atoms with Crippen molar-refractivity contribution in [1.82, 2.24) is 14.9 Å². The predicted molar refractivity (Wildman–Crippen MR) is 133 cm³/mol. The third-order valence-corrected chi connectivity index (χ3v) is 5.96. The Hall–Kier alpha value is -3.23. The highest BCUT2D eigenvalue weighted by Crippen LogP contribution is 2.32. The predicted octanol–water partition coefficient (Wildman–Crippen LogP) is 3.99. The van der Waals surface area contributed by atoms with E-state index in [1.165, 1.54) is 0 Å². The molecule has 0 unspecified atom stereocenters. The van der Waals surface area contributed by atoms with Crippen molar-refractivity contribution in [3.8, 4) is 11.5 Å². The molecule has 0 aliphatic carbocycles. The molecule has 0 amide bonds. The van der Waals surface area contributed by atoms with Gasteiger partial charge in [-0.1, -0.05) is 23.7 Å². The zero-order chi connectivity index (χ0) is 23.2. The Balaban J connectivity index is 1.42. The molecule has 1 fully saturated rings. The van der Waals surface area contributed by atoms with Gasteiger partial charge in [-0.05, 0) is 43.3 Å². The summed E-state index contributed by atoms with van der Waals surface area (Å²) in [7, 11) is 3.81. The lowest BCUT2D eigenvalue weighted by molar-refractivity contribution is 0.312. The topological polar surface area (TPSA) is 85.8 Å². The summed E-state index contributed by atoms with van der Waals surface area (Å²) in [6, 6.07) is 13.3. The first-order valence-corrected chi connectivity index (χ1v) is 11.3. The zero-order valence-corrected chi connectivity index (χ0v) is 19.6. The number of phenolic OH excluding ortho intramolecular Hbond substituents is 1.